The van der Waals surface area contributed by atoms with Crippen LogP contribution < -0.4 is 11.2 Å². The Morgan fingerprint density at radius 2 is 1.87 bits per heavy atom. The van der Waals surface area contributed by atoms with E-state index >= 15 is 0 Å². The van der Waals surface area contributed by atoms with Crippen molar-refractivity contribution in [3.63, 3.8) is 0 Å². The summed E-state index contributed by atoms with van der Waals surface area (Å²) in [5.74, 6) is 0. The second kappa shape index (κ2) is 3.57. The summed E-state index contributed by atoms with van der Waals surface area (Å²) in [6, 6.07) is 8.81. The summed E-state index contributed by atoms with van der Waals surface area (Å²) in [5, 5.41) is 0. The lowest BCUT2D eigenvalue weighted by atomic mass is 10.2. The predicted octanol–water partition coefficient (Wildman–Crippen LogP) is 0.834. The van der Waals surface area contributed by atoms with Crippen LogP contribution in [-0.2, 0) is 0 Å². The van der Waals surface area contributed by atoms with Gasteiger partial charge in [-0.2, -0.15) is 0 Å². The molecule has 76 valence electrons. The third kappa shape index (κ3) is 1.74. The predicted molar refractivity (Wildman–Crippen MR) is 57.4 cm³/mol. The maximum absolute atomic E-state index is 11.5. The summed E-state index contributed by atoms with van der Waals surface area (Å²) >= 11 is 0. The van der Waals surface area contributed by atoms with E-state index in [2.05, 4.69) is 4.98 Å². The van der Waals surface area contributed by atoms with E-state index in [0.29, 0.717) is 0 Å². The first kappa shape index (κ1) is 9.45. The molecule has 4 heteroatoms. The minimum Gasteiger partial charge on any atom is -0.274 e. The van der Waals surface area contributed by atoms with Crippen molar-refractivity contribution in [2.75, 3.05) is 0 Å². The molecule has 1 N–H and O–H groups in total. The van der Waals surface area contributed by atoms with Crippen LogP contribution in [0.5, 0.6) is 0 Å². The van der Waals surface area contributed by atoms with E-state index in [-0.39, 0.29) is 5.56 Å². The minimum absolute atomic E-state index is 0.384. The zero-order valence-corrected chi connectivity index (χ0v) is 8.23. The third-order valence-electron chi connectivity index (χ3n) is 2.20. The quantitative estimate of drug-likeness (QED) is 0.744. The van der Waals surface area contributed by atoms with Crippen LogP contribution in [0, 0.1) is 6.92 Å². The van der Waals surface area contributed by atoms with Crippen molar-refractivity contribution in [2.24, 2.45) is 0 Å². The number of hydrogen-bond acceptors (Lipinski definition) is 2. The number of aryl methyl sites for hydroxylation is 1. The van der Waals surface area contributed by atoms with Gasteiger partial charge in [0.25, 0.3) is 5.56 Å². The maximum Gasteiger partial charge on any atom is 0.332 e. The summed E-state index contributed by atoms with van der Waals surface area (Å²) in [6.45, 7) is 1.91. The molecule has 0 bridgehead atoms. The minimum atomic E-state index is -0.420. The summed E-state index contributed by atoms with van der Waals surface area (Å²) in [5.41, 5.74) is 0.951. The lowest BCUT2D eigenvalue weighted by Crippen LogP contribution is -2.27. The fraction of sp³-hybridized carbons (Fsp3) is 0.0909. The number of rotatable bonds is 1. The highest BCUT2D eigenvalue weighted by Gasteiger charge is 2.01. The van der Waals surface area contributed by atoms with Gasteiger partial charge in [-0.25, -0.2) is 4.79 Å². The molecule has 2 aromatic rings. The van der Waals surface area contributed by atoms with Crippen LogP contribution in [-0.4, -0.2) is 9.55 Å². The van der Waals surface area contributed by atoms with Crippen LogP contribution >= 0.6 is 0 Å². The molecule has 1 aromatic carbocycles. The fourth-order valence-corrected chi connectivity index (χ4v) is 1.44. The van der Waals surface area contributed by atoms with Crippen LogP contribution in [0.3, 0.4) is 0 Å². The van der Waals surface area contributed by atoms with Crippen LogP contribution in [0.4, 0.5) is 0 Å². The Balaban J connectivity index is 2.70. The summed E-state index contributed by atoms with van der Waals surface area (Å²) in [6.07, 6.45) is 1.48. The molecule has 1 heterocycles. The molecule has 0 unspecified atom stereocenters. The highest BCUT2D eigenvalue weighted by Crippen LogP contribution is 2.09. The number of para-hydroxylation sites is 1. The summed E-state index contributed by atoms with van der Waals surface area (Å²) in [7, 11) is 0. The van der Waals surface area contributed by atoms with Gasteiger partial charge < -0.3 is 0 Å². The van der Waals surface area contributed by atoms with Gasteiger partial charge in [0.15, 0.2) is 0 Å². The van der Waals surface area contributed by atoms with Crippen molar-refractivity contribution < 1.29 is 0 Å². The van der Waals surface area contributed by atoms with Crippen molar-refractivity contribution in [1.29, 1.82) is 0 Å². The molecule has 0 atom stereocenters. The Kier molecular flexibility index (Phi) is 2.25. The first-order chi connectivity index (χ1) is 7.18. The molecule has 4 nitrogen and oxygen atoms in total. The van der Waals surface area contributed by atoms with Gasteiger partial charge in [-0.3, -0.25) is 14.3 Å². The number of nitrogens with one attached hydrogen (secondary N) is 1. The van der Waals surface area contributed by atoms with Gasteiger partial charge in [-0.1, -0.05) is 18.2 Å². The van der Waals surface area contributed by atoms with Gasteiger partial charge in [0.1, 0.15) is 0 Å². The Bertz CT molecular complexity index is 596. The Morgan fingerprint density at radius 1 is 1.13 bits per heavy atom. The van der Waals surface area contributed by atoms with Gasteiger partial charge >= 0.3 is 5.69 Å². The largest absolute Gasteiger partial charge is 0.332 e. The van der Waals surface area contributed by atoms with E-state index in [9.17, 15) is 9.59 Å². The number of hydrogen-bond donors (Lipinski definition) is 1. The first-order valence-corrected chi connectivity index (χ1v) is 4.56. The van der Waals surface area contributed by atoms with Gasteiger partial charge in [-0.15, -0.1) is 0 Å². The zero-order chi connectivity index (χ0) is 10.8. The molecular formula is C11H10N2O2. The van der Waals surface area contributed by atoms with E-state index < -0.39 is 5.69 Å². The maximum atomic E-state index is 11.5. The Morgan fingerprint density at radius 3 is 2.53 bits per heavy atom. The van der Waals surface area contributed by atoms with E-state index in [0.717, 1.165) is 11.3 Å². The fourth-order valence-electron chi connectivity index (χ4n) is 1.44. The number of nitrogens with zero attached hydrogens (tertiary/aromatic N) is 1. The SMILES string of the molecule is Cc1ccccc1-n1ccc(=O)[nH]c1=O. The molecule has 0 fully saturated rings. The average molecular weight is 202 g/mol. The Labute approximate surface area is 85.8 Å². The molecule has 0 aliphatic heterocycles. The lowest BCUT2D eigenvalue weighted by Gasteiger charge is -2.06. The molecule has 0 aliphatic carbocycles. The summed E-state index contributed by atoms with van der Waals surface area (Å²) < 4.78 is 1.41. The number of benzene rings is 1. The lowest BCUT2D eigenvalue weighted by molar-refractivity contribution is 0.889. The molecule has 15 heavy (non-hydrogen) atoms. The molecule has 0 saturated heterocycles. The second-order valence-electron chi connectivity index (χ2n) is 3.27. The van der Waals surface area contributed by atoms with Gasteiger partial charge in [-0.05, 0) is 18.6 Å². The molecule has 0 saturated carbocycles. The van der Waals surface area contributed by atoms with Crippen molar-refractivity contribution in [3.05, 3.63) is 62.9 Å². The average Bonchev–Trinajstić information content (AvgIpc) is 2.20. The molecule has 0 spiro atoms. The van der Waals surface area contributed by atoms with Crippen LogP contribution in [0.2, 0.25) is 0 Å². The number of aromatic nitrogens is 2. The van der Waals surface area contributed by atoms with Crippen molar-refractivity contribution in [3.8, 4) is 5.69 Å². The van der Waals surface area contributed by atoms with Crippen molar-refractivity contribution in [1.82, 2.24) is 9.55 Å². The highest BCUT2D eigenvalue weighted by atomic mass is 16.2. The van der Waals surface area contributed by atoms with Gasteiger partial charge in [0, 0.05) is 12.3 Å². The van der Waals surface area contributed by atoms with Gasteiger partial charge in [0.05, 0.1) is 5.69 Å². The Hall–Kier alpha value is -2.10. The van der Waals surface area contributed by atoms with Crippen molar-refractivity contribution in [2.45, 2.75) is 6.92 Å². The molecule has 2 rings (SSSR count). The first-order valence-electron chi connectivity index (χ1n) is 4.56. The van der Waals surface area contributed by atoms with Crippen LogP contribution in [0.1, 0.15) is 5.56 Å². The molecule has 0 amide bonds. The molecule has 1 aromatic heterocycles. The van der Waals surface area contributed by atoms with E-state index in [1.54, 1.807) is 0 Å². The van der Waals surface area contributed by atoms with E-state index in [1.807, 2.05) is 31.2 Å². The monoisotopic (exact) mass is 202 g/mol. The number of H-pyrrole nitrogens is 1. The molecule has 0 radical (unpaired) electrons. The van der Waals surface area contributed by atoms with Gasteiger partial charge in [0.2, 0.25) is 0 Å². The van der Waals surface area contributed by atoms with E-state index in [1.165, 1.54) is 16.8 Å². The normalized spacial score (nSPS) is 10.2. The van der Waals surface area contributed by atoms with Crippen LogP contribution in [0.15, 0.2) is 46.1 Å². The zero-order valence-electron chi connectivity index (χ0n) is 8.23. The molecule has 0 aliphatic rings. The summed E-state index contributed by atoms with van der Waals surface area (Å²) in [4.78, 5) is 24.6. The molecular weight excluding hydrogens is 192 g/mol. The smallest absolute Gasteiger partial charge is 0.274 e. The van der Waals surface area contributed by atoms with Crippen LogP contribution in [0.25, 0.3) is 5.69 Å². The van der Waals surface area contributed by atoms with E-state index in [4.69, 9.17) is 0 Å². The third-order valence-corrected chi connectivity index (χ3v) is 2.20. The second-order valence-corrected chi connectivity index (χ2v) is 3.27. The number of aromatic amines is 1. The highest BCUT2D eigenvalue weighted by molar-refractivity contribution is 5.39. The standard InChI is InChI=1S/C11H10N2O2/c1-8-4-2-3-5-9(8)13-7-6-10(14)12-11(13)15/h2-7H,1H3,(H,12,14,15). The topological polar surface area (TPSA) is 54.9 Å². The van der Waals surface area contributed by atoms with Crippen molar-refractivity contribution >= 4 is 0 Å².